The second-order valence-electron chi connectivity index (χ2n) is 6.34. The van der Waals surface area contributed by atoms with Gasteiger partial charge >= 0.3 is 5.97 Å². The second-order valence-corrected chi connectivity index (χ2v) is 6.34. The number of ether oxygens (including phenoxy) is 4. The van der Waals surface area contributed by atoms with E-state index in [1.165, 1.54) is 12.2 Å². The number of rotatable bonds is 12. The highest BCUT2D eigenvalue weighted by Crippen LogP contribution is 2.08. The Hall–Kier alpha value is -1.77. The summed E-state index contributed by atoms with van der Waals surface area (Å²) in [5, 5.41) is 0. The van der Waals surface area contributed by atoms with Gasteiger partial charge in [0, 0.05) is 12.2 Å². The van der Waals surface area contributed by atoms with Crippen molar-refractivity contribution in [1.82, 2.24) is 4.90 Å². The normalized spacial score (nSPS) is 14.4. The lowest BCUT2D eigenvalue weighted by atomic mass is 10.2. The fraction of sp³-hybridized carbons (Fsp3) is 0.706. The molecule has 0 N–H and O–H groups in total. The van der Waals surface area contributed by atoms with Crippen LogP contribution in [0.15, 0.2) is 12.2 Å². The predicted molar refractivity (Wildman–Crippen MR) is 88.8 cm³/mol. The Morgan fingerprint density at radius 1 is 0.880 bits per heavy atom. The van der Waals surface area contributed by atoms with Crippen molar-refractivity contribution >= 4 is 17.8 Å². The van der Waals surface area contributed by atoms with Gasteiger partial charge in [-0.1, -0.05) is 0 Å². The van der Waals surface area contributed by atoms with Crippen molar-refractivity contribution in [1.29, 1.82) is 0 Å². The van der Waals surface area contributed by atoms with E-state index in [1.807, 2.05) is 20.8 Å². The number of esters is 1. The van der Waals surface area contributed by atoms with Crippen LogP contribution in [0, 0.1) is 0 Å². The minimum Gasteiger partial charge on any atom is -0.460 e. The molecule has 0 saturated heterocycles. The van der Waals surface area contributed by atoms with E-state index >= 15 is 0 Å². The molecule has 0 unspecified atom stereocenters. The van der Waals surface area contributed by atoms with E-state index in [4.69, 9.17) is 18.9 Å². The van der Waals surface area contributed by atoms with Crippen LogP contribution in [0.25, 0.3) is 0 Å². The quantitative estimate of drug-likeness (QED) is 0.288. The number of carbonyl (C=O) groups excluding carboxylic acids is 3. The molecule has 0 saturated carbocycles. The van der Waals surface area contributed by atoms with Crippen LogP contribution in [-0.2, 0) is 33.3 Å². The molecule has 8 nitrogen and oxygen atoms in total. The van der Waals surface area contributed by atoms with Gasteiger partial charge in [-0.3, -0.25) is 19.3 Å². The summed E-state index contributed by atoms with van der Waals surface area (Å²) in [7, 11) is 0. The lowest BCUT2D eigenvalue weighted by Crippen LogP contribution is -2.33. The minimum absolute atomic E-state index is 0.211. The fourth-order valence-electron chi connectivity index (χ4n) is 1.90. The summed E-state index contributed by atoms with van der Waals surface area (Å²) >= 11 is 0. The van der Waals surface area contributed by atoms with Crippen molar-refractivity contribution < 1.29 is 33.3 Å². The Bertz CT molecular complexity index is 464. The van der Waals surface area contributed by atoms with E-state index < -0.39 is 5.60 Å². The highest BCUT2D eigenvalue weighted by Gasteiger charge is 2.22. The Morgan fingerprint density at radius 2 is 1.36 bits per heavy atom. The highest BCUT2D eigenvalue weighted by atomic mass is 16.6. The SMILES string of the molecule is CC(C)(C)OC(=O)CCOCCOCCOCCN1C(=O)C=CC1=O. The Morgan fingerprint density at radius 3 is 1.88 bits per heavy atom. The van der Waals surface area contributed by atoms with Crippen molar-refractivity contribution in [2.24, 2.45) is 0 Å². The van der Waals surface area contributed by atoms with Gasteiger partial charge in [0.1, 0.15) is 5.60 Å². The van der Waals surface area contributed by atoms with Crippen molar-refractivity contribution in [3.63, 3.8) is 0 Å². The molecule has 0 aliphatic carbocycles. The molecular formula is C17H27NO7. The first-order valence-electron chi connectivity index (χ1n) is 8.28. The lowest BCUT2D eigenvalue weighted by molar-refractivity contribution is -0.156. The molecule has 0 bridgehead atoms. The standard InChI is InChI=1S/C17H27NO7/c1-17(2,3)25-16(21)6-8-22-10-12-24-13-11-23-9-7-18-14(19)4-5-15(18)20/h4-5H,6-13H2,1-3H3. The molecule has 1 rings (SSSR count). The topological polar surface area (TPSA) is 91.4 Å². The number of nitrogens with zero attached hydrogens (tertiary/aromatic N) is 1. The second kappa shape index (κ2) is 11.0. The van der Waals surface area contributed by atoms with E-state index in [1.54, 1.807) is 0 Å². The monoisotopic (exact) mass is 357 g/mol. The molecule has 0 radical (unpaired) electrons. The molecule has 8 heteroatoms. The zero-order chi connectivity index (χ0) is 18.7. The number of amides is 2. The Balaban J connectivity index is 1.85. The van der Waals surface area contributed by atoms with Gasteiger partial charge in [-0.05, 0) is 20.8 Å². The molecule has 1 aliphatic heterocycles. The molecule has 1 aliphatic rings. The van der Waals surface area contributed by atoms with Gasteiger partial charge in [-0.15, -0.1) is 0 Å². The zero-order valence-corrected chi connectivity index (χ0v) is 15.1. The molecule has 0 aromatic heterocycles. The minimum atomic E-state index is -0.480. The maximum Gasteiger partial charge on any atom is 0.308 e. The number of carbonyl (C=O) groups is 3. The van der Waals surface area contributed by atoms with Crippen LogP contribution < -0.4 is 0 Å². The number of imide groups is 1. The van der Waals surface area contributed by atoms with Crippen LogP contribution in [0.2, 0.25) is 0 Å². The van der Waals surface area contributed by atoms with Crippen LogP contribution in [0.3, 0.4) is 0 Å². The van der Waals surface area contributed by atoms with E-state index in [0.29, 0.717) is 33.0 Å². The summed E-state index contributed by atoms with van der Waals surface area (Å²) in [4.78, 5) is 35.1. The van der Waals surface area contributed by atoms with E-state index in [-0.39, 0.29) is 37.4 Å². The van der Waals surface area contributed by atoms with Crippen LogP contribution in [-0.4, -0.2) is 74.5 Å². The summed E-state index contributed by atoms with van der Waals surface area (Å²) in [6, 6.07) is 0. The lowest BCUT2D eigenvalue weighted by Gasteiger charge is -2.19. The van der Waals surface area contributed by atoms with Gasteiger partial charge in [-0.2, -0.15) is 0 Å². The van der Waals surface area contributed by atoms with Crippen molar-refractivity contribution in [2.45, 2.75) is 32.8 Å². The molecular weight excluding hydrogens is 330 g/mol. The van der Waals surface area contributed by atoms with Crippen LogP contribution in [0.1, 0.15) is 27.2 Å². The fourth-order valence-corrected chi connectivity index (χ4v) is 1.90. The summed E-state index contributed by atoms with van der Waals surface area (Å²) in [5.41, 5.74) is -0.480. The molecule has 0 spiro atoms. The maximum absolute atomic E-state index is 11.4. The first kappa shape index (κ1) is 21.3. The van der Waals surface area contributed by atoms with Crippen molar-refractivity contribution in [2.75, 3.05) is 46.2 Å². The largest absolute Gasteiger partial charge is 0.460 e. The summed E-state index contributed by atoms with van der Waals surface area (Å²) in [6.45, 7) is 7.78. The molecule has 2 amide bonds. The molecule has 0 aromatic carbocycles. The summed E-state index contributed by atoms with van der Waals surface area (Å²) in [6.07, 6.45) is 2.70. The van der Waals surface area contributed by atoms with Crippen LogP contribution in [0.5, 0.6) is 0 Å². The third kappa shape index (κ3) is 9.96. The Kier molecular flexibility index (Phi) is 9.33. The Labute approximate surface area is 148 Å². The van der Waals surface area contributed by atoms with Gasteiger partial charge < -0.3 is 18.9 Å². The van der Waals surface area contributed by atoms with E-state index in [2.05, 4.69) is 0 Å². The molecule has 1 heterocycles. The molecule has 142 valence electrons. The maximum atomic E-state index is 11.4. The summed E-state index contributed by atoms with van der Waals surface area (Å²) in [5.74, 6) is -0.909. The smallest absolute Gasteiger partial charge is 0.308 e. The molecule has 25 heavy (non-hydrogen) atoms. The predicted octanol–water partition coefficient (Wildman–Crippen LogP) is 0.693. The van der Waals surface area contributed by atoms with Crippen LogP contribution >= 0.6 is 0 Å². The first-order valence-corrected chi connectivity index (χ1v) is 8.28. The van der Waals surface area contributed by atoms with Gasteiger partial charge in [0.15, 0.2) is 0 Å². The van der Waals surface area contributed by atoms with Crippen molar-refractivity contribution in [3.05, 3.63) is 12.2 Å². The molecule has 0 aromatic rings. The molecule has 0 fully saturated rings. The van der Waals surface area contributed by atoms with E-state index in [0.717, 1.165) is 4.90 Å². The highest BCUT2D eigenvalue weighted by molar-refractivity contribution is 6.12. The number of hydrogen-bond donors (Lipinski definition) is 0. The van der Waals surface area contributed by atoms with Crippen molar-refractivity contribution in [3.8, 4) is 0 Å². The zero-order valence-electron chi connectivity index (χ0n) is 15.1. The number of hydrogen-bond acceptors (Lipinski definition) is 7. The van der Waals surface area contributed by atoms with Gasteiger partial charge in [0.05, 0.1) is 52.6 Å². The molecule has 0 atom stereocenters. The van der Waals surface area contributed by atoms with Gasteiger partial charge in [0.2, 0.25) is 0 Å². The van der Waals surface area contributed by atoms with E-state index in [9.17, 15) is 14.4 Å². The first-order chi connectivity index (χ1) is 11.8. The van der Waals surface area contributed by atoms with Gasteiger partial charge in [0.25, 0.3) is 11.8 Å². The van der Waals surface area contributed by atoms with Gasteiger partial charge in [-0.25, -0.2) is 0 Å². The third-order valence-corrected chi connectivity index (χ3v) is 2.97. The third-order valence-electron chi connectivity index (χ3n) is 2.97. The summed E-state index contributed by atoms with van der Waals surface area (Å²) < 4.78 is 21.0. The average molecular weight is 357 g/mol. The van der Waals surface area contributed by atoms with Crippen LogP contribution in [0.4, 0.5) is 0 Å². The average Bonchev–Trinajstić information content (AvgIpc) is 2.82.